The van der Waals surface area contributed by atoms with Gasteiger partial charge in [-0.15, -0.1) is 0 Å². The van der Waals surface area contributed by atoms with Crippen LogP contribution in [-0.4, -0.2) is 125 Å². The highest BCUT2D eigenvalue weighted by Gasteiger charge is 2.29. The van der Waals surface area contributed by atoms with Crippen LogP contribution in [0, 0.1) is 0 Å². The molecule has 0 spiro atoms. The molecule has 4 heterocycles. The van der Waals surface area contributed by atoms with Gasteiger partial charge >= 0.3 is 47.8 Å². The van der Waals surface area contributed by atoms with Crippen LogP contribution in [0.3, 0.4) is 0 Å². The number of aromatic nitrogens is 4. The summed E-state index contributed by atoms with van der Waals surface area (Å²) >= 11 is 0. The highest BCUT2D eigenvalue weighted by molar-refractivity contribution is 5.77. The quantitative estimate of drug-likeness (QED) is 0.0424. The molecule has 4 aromatic rings. The van der Waals surface area contributed by atoms with Gasteiger partial charge in [-0.1, -0.05) is 0 Å². The predicted octanol–water partition coefficient (Wildman–Crippen LogP) is 2.51. The zero-order valence-electron chi connectivity index (χ0n) is 44.0. The van der Waals surface area contributed by atoms with Crippen molar-refractivity contribution in [2.45, 2.75) is 103 Å². The molecular weight excluding hydrogens is 903 g/mol. The predicted molar refractivity (Wildman–Crippen MR) is 244 cm³/mol. The number of methoxy groups -OCH3 is 8. The first-order valence-electron chi connectivity index (χ1n) is 23.9. The lowest BCUT2D eigenvalue weighted by Gasteiger charge is -2.10. The molecule has 0 saturated heterocycles. The summed E-state index contributed by atoms with van der Waals surface area (Å²) in [5.74, 6) is -5.41. The number of carbonyl (C=O) groups is 8. The average Bonchev–Trinajstić information content (AvgIpc) is 4.16. The number of aryl methyl sites for hydroxylation is 1. The van der Waals surface area contributed by atoms with E-state index >= 15 is 0 Å². The largest absolute Gasteiger partial charge is 0.469 e. The highest BCUT2D eigenvalue weighted by atomic mass is 16.5. The Morgan fingerprint density at radius 2 is 0.667 bits per heavy atom. The van der Waals surface area contributed by atoms with Gasteiger partial charge in [-0.05, 0) is 70.2 Å². The molecule has 4 rings (SSSR count). The van der Waals surface area contributed by atoms with Crippen molar-refractivity contribution < 1.29 is 81.7 Å². The molecule has 4 aromatic heterocycles. The summed E-state index contributed by atoms with van der Waals surface area (Å²) in [5, 5.41) is 0. The average molecular weight is 970 g/mol. The third-order valence-corrected chi connectivity index (χ3v) is 11.4. The Bertz CT molecular complexity index is 2650. The van der Waals surface area contributed by atoms with E-state index in [-0.39, 0.29) is 131 Å². The maximum absolute atomic E-state index is 13.3. The first kappa shape index (κ1) is 48.3. The van der Waals surface area contributed by atoms with Gasteiger partial charge in [0.25, 0.3) is 0 Å². The minimum atomic E-state index is -1.63. The maximum atomic E-state index is 13.3. The molecule has 69 heavy (non-hydrogen) atoms. The molecular formula is C48H63N5O16. The van der Waals surface area contributed by atoms with Crippen LogP contribution in [0.2, 0.25) is 0 Å². The van der Waals surface area contributed by atoms with Crippen LogP contribution in [0.5, 0.6) is 0 Å². The Morgan fingerprint density at radius 3 is 1.00 bits per heavy atom. The molecule has 0 aromatic carbocycles. The molecule has 3 unspecified atom stereocenters. The molecule has 0 aliphatic rings. The van der Waals surface area contributed by atoms with Crippen molar-refractivity contribution in [2.24, 2.45) is 5.73 Å². The summed E-state index contributed by atoms with van der Waals surface area (Å²) in [6, 6.07) is 0. The maximum Gasteiger partial charge on any atom is 0.310 e. The van der Waals surface area contributed by atoms with E-state index in [1.54, 1.807) is 0 Å². The number of hydrogen-bond donors (Lipinski definition) is 5. The molecule has 0 aliphatic carbocycles. The molecule has 0 amide bonds. The van der Waals surface area contributed by atoms with E-state index in [1.165, 1.54) is 41.7 Å². The molecule has 6 N–H and O–H groups in total. The minimum absolute atomic E-state index is 0.00115. The van der Waals surface area contributed by atoms with Crippen LogP contribution in [0.25, 0.3) is 0 Å². The second-order valence-corrected chi connectivity index (χ2v) is 15.4. The lowest BCUT2D eigenvalue weighted by molar-refractivity contribution is -0.141. The van der Waals surface area contributed by atoms with Crippen molar-refractivity contribution >= 4 is 47.8 Å². The summed E-state index contributed by atoms with van der Waals surface area (Å²) in [5.41, 5.74) is 8.36. The van der Waals surface area contributed by atoms with E-state index in [9.17, 15) is 42.5 Å². The molecule has 376 valence electrons. The topological polar surface area (TPSA) is 300 Å². The van der Waals surface area contributed by atoms with Gasteiger partial charge in [-0.25, -0.2) is 0 Å². The van der Waals surface area contributed by atoms with Gasteiger partial charge in [0.05, 0.1) is 82.6 Å². The van der Waals surface area contributed by atoms with Crippen molar-refractivity contribution in [3.8, 4) is 0 Å². The van der Waals surface area contributed by atoms with Crippen LogP contribution in [0.15, 0.2) is 6.20 Å². The van der Waals surface area contributed by atoms with Gasteiger partial charge in [0, 0.05) is 103 Å². The zero-order valence-corrected chi connectivity index (χ0v) is 40.0. The van der Waals surface area contributed by atoms with Crippen molar-refractivity contribution in [3.63, 3.8) is 0 Å². The molecule has 0 saturated carbocycles. The van der Waals surface area contributed by atoms with Crippen molar-refractivity contribution in [2.75, 3.05) is 56.9 Å². The van der Waals surface area contributed by atoms with Gasteiger partial charge in [0.15, 0.2) is 0 Å². The molecule has 4 atom stereocenters. The molecule has 0 fully saturated rings. The van der Waals surface area contributed by atoms with Crippen LogP contribution in [-0.2, 0) is 153 Å². The van der Waals surface area contributed by atoms with E-state index in [1.807, 2.05) is 0 Å². The number of hydrogen-bond acceptors (Lipinski definition) is 17. The Labute approximate surface area is 404 Å². The van der Waals surface area contributed by atoms with Gasteiger partial charge in [0.1, 0.15) is 0 Å². The fourth-order valence-corrected chi connectivity index (χ4v) is 7.78. The van der Waals surface area contributed by atoms with E-state index in [0.29, 0.717) is 11.1 Å². The summed E-state index contributed by atoms with van der Waals surface area (Å²) < 4.78 is 77.8. The Balaban J connectivity index is 2.13. The zero-order chi connectivity index (χ0) is 54.3. The molecule has 21 heteroatoms. The lowest BCUT2D eigenvalue weighted by atomic mass is 9.94. The lowest BCUT2D eigenvalue weighted by Crippen LogP contribution is -2.11. The summed E-state index contributed by atoms with van der Waals surface area (Å²) in [7, 11) is 9.41. The number of ether oxygens (including phenoxy) is 8. The highest BCUT2D eigenvalue weighted by Crippen LogP contribution is 2.33. The standard InChI is InChI=1S/C48H63N5O16/c1-62-41(54)13-9-26-25-50-34(30(26)17-45(58)66-5)21-35-27(10-14-42(55)63-2)31(18-46(59)67-6)38(51-35)22-36-28(11-15-43(56)64-3)32(19-47(60)68-7)39(52-36)23-37-29(12-16-44(57)65-4)33(20-48(61)69-8)40(24-49)53-37/h25,50-53H,9-24,49H2,1-8H3/i21D,22D,23D,24D/t21?,22?,23?,24-/m0/s1. The number of carbonyl (C=O) groups excluding carboxylic acids is 8. The Hall–Kier alpha value is -7.16. The monoisotopic (exact) mass is 969 g/mol. The van der Waals surface area contributed by atoms with Gasteiger partial charge in [-0.3, -0.25) is 38.4 Å². The van der Waals surface area contributed by atoms with Crippen molar-refractivity contribution in [1.82, 2.24) is 19.9 Å². The summed E-state index contributed by atoms with van der Waals surface area (Å²) in [6.07, 6.45) is -6.03. The molecule has 0 aliphatic heterocycles. The van der Waals surface area contributed by atoms with Crippen molar-refractivity contribution in [1.29, 1.82) is 0 Å². The van der Waals surface area contributed by atoms with E-state index in [4.69, 9.17) is 45.0 Å². The van der Waals surface area contributed by atoms with Crippen molar-refractivity contribution in [3.05, 3.63) is 90.6 Å². The van der Waals surface area contributed by atoms with Crippen LogP contribution < -0.4 is 5.73 Å². The molecule has 0 bridgehead atoms. The fraction of sp³-hybridized carbons (Fsp3) is 0.500. The number of aromatic amines is 4. The summed E-state index contributed by atoms with van der Waals surface area (Å²) in [6.45, 7) is -1.47. The number of nitrogens with one attached hydrogen (secondary N) is 4. The SMILES string of the molecule is [2H]C(c1[nH]cc(CCC(=O)OC)c1CC(=O)OC)c1[nH]c(C([2H])c2[nH]c(C([2H])c3[nH]c([C@H]([2H])N)c(CC(=O)OC)c3CCC(=O)OC)c(CC(=O)OC)c2CCC(=O)OC)c(CC(=O)OC)c1CCC(=O)OC. The second kappa shape index (κ2) is 26.4. The molecule has 0 radical (unpaired) electrons. The van der Waals surface area contributed by atoms with Gasteiger partial charge < -0.3 is 63.6 Å². The van der Waals surface area contributed by atoms with E-state index in [2.05, 4.69) is 19.9 Å². The Morgan fingerprint density at radius 1 is 0.391 bits per heavy atom. The van der Waals surface area contributed by atoms with Gasteiger partial charge in [0.2, 0.25) is 0 Å². The number of esters is 8. The first-order chi connectivity index (χ1) is 34.7. The fourth-order valence-electron chi connectivity index (χ4n) is 7.78. The normalized spacial score (nSPS) is 13.6. The Kier molecular flexibility index (Phi) is 18.5. The van der Waals surface area contributed by atoms with Crippen LogP contribution in [0.1, 0.15) is 116 Å². The minimum Gasteiger partial charge on any atom is -0.469 e. The summed E-state index contributed by atoms with van der Waals surface area (Å²) in [4.78, 5) is 115. The number of rotatable bonds is 27. The van der Waals surface area contributed by atoms with Crippen LogP contribution in [0.4, 0.5) is 0 Å². The second-order valence-electron chi connectivity index (χ2n) is 15.4. The van der Waals surface area contributed by atoms with Crippen LogP contribution >= 0.6 is 0 Å². The van der Waals surface area contributed by atoms with E-state index in [0.717, 1.165) is 21.3 Å². The van der Waals surface area contributed by atoms with E-state index < -0.39 is 92.7 Å². The number of H-pyrrole nitrogens is 4. The van der Waals surface area contributed by atoms with Gasteiger partial charge in [-0.2, -0.15) is 0 Å². The third kappa shape index (κ3) is 14.7. The number of nitrogens with two attached hydrogens (primary N) is 1. The third-order valence-electron chi connectivity index (χ3n) is 11.4. The first-order valence-corrected chi connectivity index (χ1v) is 21.6. The molecule has 21 nitrogen and oxygen atoms in total. The smallest absolute Gasteiger partial charge is 0.310 e.